The van der Waals surface area contributed by atoms with Gasteiger partial charge in [0.15, 0.2) is 0 Å². The summed E-state index contributed by atoms with van der Waals surface area (Å²) in [4.78, 5) is 5.92. The van der Waals surface area contributed by atoms with Crippen LogP contribution in [0, 0.1) is 0 Å². The van der Waals surface area contributed by atoms with E-state index in [0.717, 1.165) is 19.6 Å². The SMILES string of the molecule is C1CCOC1.CC1(C)Cc2cc(Br)sc2-c2sc(Br)cc21.CC1(C)Cc2ccsc2-c2sccc21.[B]=NS. The van der Waals surface area contributed by atoms with Crippen molar-refractivity contribution in [2.45, 2.75) is 64.2 Å². The first-order valence-electron chi connectivity index (χ1n) is 12.4. The number of thiophene rings is 4. The number of hydrogen-bond donors (Lipinski definition) is 1. The topological polar surface area (TPSA) is 21.6 Å². The molecule has 1 fully saturated rings. The minimum atomic E-state index is 0.255. The molecule has 0 spiro atoms. The molecule has 0 saturated carbocycles. The van der Waals surface area contributed by atoms with Crippen molar-refractivity contribution in [1.82, 2.24) is 0 Å². The predicted molar refractivity (Wildman–Crippen MR) is 181 cm³/mol. The van der Waals surface area contributed by atoms with E-state index in [9.17, 15) is 0 Å². The van der Waals surface area contributed by atoms with Gasteiger partial charge in [-0.1, -0.05) is 27.7 Å². The Morgan fingerprint density at radius 1 is 0.789 bits per heavy atom. The average Bonchev–Trinajstić information content (AvgIpc) is 3.64. The summed E-state index contributed by atoms with van der Waals surface area (Å²) in [6.07, 6.45) is 4.89. The molecule has 1 saturated heterocycles. The summed E-state index contributed by atoms with van der Waals surface area (Å²) < 4.78 is 10.1. The normalized spacial score (nSPS) is 17.1. The first-order valence-corrected chi connectivity index (χ1v) is 17.8. The Kier molecular flexibility index (Phi) is 10.8. The molecule has 4 aromatic rings. The van der Waals surface area contributed by atoms with Crippen molar-refractivity contribution in [3.05, 3.63) is 64.9 Å². The quantitative estimate of drug-likeness (QED) is 0.141. The van der Waals surface area contributed by atoms with E-state index in [1.807, 2.05) is 45.3 Å². The summed E-state index contributed by atoms with van der Waals surface area (Å²) in [5, 5.41) is 4.44. The molecule has 0 bridgehead atoms. The number of fused-ring (bicyclic) bond motifs is 6. The van der Waals surface area contributed by atoms with Gasteiger partial charge >= 0.3 is 24.8 Å². The fourth-order valence-electron chi connectivity index (χ4n) is 5.10. The number of halogens is 2. The fraction of sp³-hybridized carbons (Fsp3) is 0.429. The van der Waals surface area contributed by atoms with Crippen molar-refractivity contribution in [2.75, 3.05) is 13.2 Å². The van der Waals surface area contributed by atoms with Crippen LogP contribution in [-0.2, 0) is 28.4 Å². The Hall–Kier alpha value is -0.0651. The van der Waals surface area contributed by atoms with Gasteiger partial charge in [0.1, 0.15) is 0 Å². The number of hydrogen-bond acceptors (Lipinski definition) is 7. The minimum absolute atomic E-state index is 0.255. The standard InChI is InChI=1S/C12H10Br2S2.C12H12S2.C4H8O.BHNS/c1-12(2)5-6-3-8(13)15-10(6)11-7(12)4-9(14)16-11;1-12(2)7-8-3-5-13-10(8)11-9(12)4-6-14-11;1-2-4-5-3-1;1-2-3/h3-4H,5H2,1-2H3;3-6H,7H2,1-2H3;1-4H2;3H. The van der Waals surface area contributed by atoms with E-state index in [1.165, 1.54) is 68.6 Å². The molecule has 5 heterocycles. The monoisotopic (exact) mass is 726 g/mol. The first-order chi connectivity index (χ1) is 18.1. The van der Waals surface area contributed by atoms with Crippen LogP contribution in [0.2, 0.25) is 0 Å². The summed E-state index contributed by atoms with van der Waals surface area (Å²) in [5.41, 5.74) is 6.64. The summed E-state index contributed by atoms with van der Waals surface area (Å²) in [6, 6.07) is 9.14. The Bertz CT molecular complexity index is 1370. The molecule has 0 N–H and O–H groups in total. The number of rotatable bonds is 0. The first kappa shape index (κ1) is 30.9. The third-order valence-electron chi connectivity index (χ3n) is 6.86. The van der Waals surface area contributed by atoms with Gasteiger partial charge in [0.05, 0.1) is 7.57 Å². The molecule has 0 atom stereocenters. The Labute approximate surface area is 266 Å². The summed E-state index contributed by atoms with van der Waals surface area (Å²) >= 11 is 17.9. The van der Waals surface area contributed by atoms with Gasteiger partial charge in [-0.05, 0) is 126 Å². The van der Waals surface area contributed by atoms with E-state index < -0.39 is 0 Å². The molecule has 0 amide bonds. The van der Waals surface area contributed by atoms with Gasteiger partial charge in [0.25, 0.3) is 0 Å². The molecule has 4 aromatic heterocycles. The molecule has 38 heavy (non-hydrogen) atoms. The number of thiol groups is 1. The zero-order chi connectivity index (χ0) is 27.5. The van der Waals surface area contributed by atoms with Crippen LogP contribution >= 0.6 is 90.0 Å². The van der Waals surface area contributed by atoms with E-state index in [0.29, 0.717) is 5.41 Å². The Balaban J connectivity index is 0.000000139. The molecule has 10 heteroatoms. The Morgan fingerprint density at radius 3 is 2.00 bits per heavy atom. The molecule has 2 aliphatic carbocycles. The van der Waals surface area contributed by atoms with Crippen LogP contribution in [0.5, 0.6) is 0 Å². The van der Waals surface area contributed by atoms with E-state index in [-0.39, 0.29) is 5.41 Å². The number of nitrogens with zero attached hydrogens (tertiary/aromatic N) is 1. The Morgan fingerprint density at radius 2 is 1.34 bits per heavy atom. The average molecular weight is 729 g/mol. The van der Waals surface area contributed by atoms with Gasteiger partial charge in [-0.3, -0.25) is 0 Å². The molecule has 3 aliphatic rings. The van der Waals surface area contributed by atoms with Crippen LogP contribution in [-0.4, -0.2) is 20.9 Å². The van der Waals surface area contributed by atoms with E-state index in [1.54, 1.807) is 0 Å². The van der Waals surface area contributed by atoms with E-state index in [4.69, 9.17) is 4.74 Å². The molecule has 0 unspecified atom stereocenters. The van der Waals surface area contributed by atoms with Crippen LogP contribution < -0.4 is 0 Å². The second-order valence-electron chi connectivity index (χ2n) is 10.7. The molecule has 1 aliphatic heterocycles. The maximum atomic E-state index is 4.94. The van der Waals surface area contributed by atoms with Gasteiger partial charge < -0.3 is 4.74 Å². The van der Waals surface area contributed by atoms with Crippen molar-refractivity contribution in [1.29, 1.82) is 0 Å². The predicted octanol–water partition coefficient (Wildman–Crippen LogP) is 11.1. The molecule has 7 rings (SSSR count). The van der Waals surface area contributed by atoms with Crippen molar-refractivity contribution < 1.29 is 4.74 Å². The third-order valence-corrected chi connectivity index (χ3v) is 12.4. The van der Waals surface area contributed by atoms with Crippen LogP contribution in [0.25, 0.3) is 19.5 Å². The van der Waals surface area contributed by atoms with Crippen LogP contribution in [0.1, 0.15) is 62.8 Å². The van der Waals surface area contributed by atoms with Crippen molar-refractivity contribution in [3.63, 3.8) is 0 Å². The van der Waals surface area contributed by atoms with Gasteiger partial charge in [-0.25, -0.2) is 0 Å². The number of ether oxygens (including phenoxy) is 1. The molecular weight excluding hydrogens is 697 g/mol. The van der Waals surface area contributed by atoms with Gasteiger partial charge in [-0.2, -0.15) is 0 Å². The molecule has 1 radical (unpaired) electrons. The van der Waals surface area contributed by atoms with E-state index >= 15 is 0 Å². The molecule has 201 valence electrons. The van der Waals surface area contributed by atoms with Crippen LogP contribution in [0.4, 0.5) is 0 Å². The zero-order valence-corrected chi connectivity index (χ0v) is 29.3. The summed E-state index contributed by atoms with van der Waals surface area (Å²) in [5.74, 6) is 0. The van der Waals surface area contributed by atoms with Crippen molar-refractivity contribution in [3.8, 4) is 19.5 Å². The molecule has 2 nitrogen and oxygen atoms in total. The third kappa shape index (κ3) is 7.04. The van der Waals surface area contributed by atoms with Crippen LogP contribution in [0.15, 0.2) is 46.9 Å². The zero-order valence-electron chi connectivity index (χ0n) is 22.0. The van der Waals surface area contributed by atoms with Gasteiger partial charge in [-0.15, -0.1) is 45.3 Å². The second kappa shape index (κ2) is 13.3. The molecule has 0 aromatic carbocycles. The maximum absolute atomic E-state index is 4.94. The van der Waals surface area contributed by atoms with Gasteiger partial charge in [0.2, 0.25) is 0 Å². The fourth-order valence-corrected chi connectivity index (χ4v) is 10.9. The van der Waals surface area contributed by atoms with Crippen molar-refractivity contribution in [2.24, 2.45) is 4.30 Å². The summed E-state index contributed by atoms with van der Waals surface area (Å²) in [7, 11) is 4.34. The van der Waals surface area contributed by atoms with Crippen molar-refractivity contribution >= 4 is 97.7 Å². The van der Waals surface area contributed by atoms with E-state index in [2.05, 4.69) is 119 Å². The molecular formula is C28H31BBr2NOS5. The second-order valence-corrected chi connectivity index (χ2v) is 17.6. The summed E-state index contributed by atoms with van der Waals surface area (Å²) in [6.45, 7) is 11.4. The van der Waals surface area contributed by atoms with Gasteiger partial charge in [0, 0.05) is 32.7 Å². The van der Waals surface area contributed by atoms with Crippen LogP contribution in [0.3, 0.4) is 0 Å².